The van der Waals surface area contributed by atoms with E-state index in [-0.39, 0.29) is 17.8 Å². The highest BCUT2D eigenvalue weighted by molar-refractivity contribution is 5.65. The molecule has 4 atom stereocenters. The minimum absolute atomic E-state index is 0.245. The molecule has 2 aromatic rings. The van der Waals surface area contributed by atoms with E-state index in [1.807, 2.05) is 0 Å². The lowest BCUT2D eigenvalue weighted by molar-refractivity contribution is -0.746. The Morgan fingerprint density at radius 3 is 2.82 bits per heavy atom. The van der Waals surface area contributed by atoms with E-state index >= 15 is 0 Å². The van der Waals surface area contributed by atoms with Crippen LogP contribution < -0.4 is 15.8 Å². The van der Waals surface area contributed by atoms with Crippen LogP contribution in [0.25, 0.3) is 11.2 Å². The number of ether oxygens (including phenoxy) is 2. The lowest BCUT2D eigenvalue weighted by Crippen LogP contribution is -2.47. The van der Waals surface area contributed by atoms with Crippen LogP contribution in [0, 0.1) is 0 Å². The predicted octanol–water partition coefficient (Wildman–Crippen LogP) is -2.89. The van der Waals surface area contributed by atoms with Crippen molar-refractivity contribution in [2.45, 2.75) is 24.5 Å². The Hall–Kier alpha value is -2.01. The Morgan fingerprint density at radius 2 is 2.18 bits per heavy atom. The molecule has 1 saturated heterocycles. The molecule has 1 fully saturated rings. The first kappa shape index (κ1) is 14.9. The van der Waals surface area contributed by atoms with Crippen LogP contribution in [-0.4, -0.2) is 56.8 Å². The van der Waals surface area contributed by atoms with Gasteiger partial charge < -0.3 is 19.7 Å². The third kappa shape index (κ3) is 2.08. The second kappa shape index (κ2) is 5.32. The summed E-state index contributed by atoms with van der Waals surface area (Å²) < 4.78 is 13.9. The molecular formula is C12H17N4O6+. The monoisotopic (exact) mass is 313 g/mol. The normalized spacial score (nSPS) is 28.5. The molecule has 0 aliphatic carbocycles. The molecule has 0 saturated carbocycles. The molecule has 0 radical (unpaired) electrons. The maximum absolute atomic E-state index is 11.9. The molecule has 10 heteroatoms. The minimum atomic E-state index is -1.03. The molecule has 0 spiro atoms. The first-order valence-electron chi connectivity index (χ1n) is 6.68. The highest BCUT2D eigenvalue weighted by Crippen LogP contribution is 2.28. The van der Waals surface area contributed by atoms with Crippen LogP contribution in [0.15, 0.2) is 15.9 Å². The smallest absolute Gasteiger partial charge is 0.384 e. The maximum Gasteiger partial charge on any atom is 0.384 e. The Labute approximate surface area is 123 Å². The van der Waals surface area contributed by atoms with Gasteiger partial charge in [-0.1, -0.05) is 0 Å². The van der Waals surface area contributed by atoms with Gasteiger partial charge in [-0.25, -0.2) is 14.3 Å². The molecule has 10 nitrogen and oxygen atoms in total. The van der Waals surface area contributed by atoms with Crippen molar-refractivity contribution in [3.8, 4) is 0 Å². The van der Waals surface area contributed by atoms with E-state index in [0.29, 0.717) is 0 Å². The van der Waals surface area contributed by atoms with E-state index < -0.39 is 35.8 Å². The van der Waals surface area contributed by atoms with Crippen LogP contribution in [0.2, 0.25) is 0 Å². The molecule has 120 valence electrons. The third-order valence-electron chi connectivity index (χ3n) is 3.85. The summed E-state index contributed by atoms with van der Waals surface area (Å²) in [4.78, 5) is 28.1. The summed E-state index contributed by atoms with van der Waals surface area (Å²) in [6, 6.07) is 0. The summed E-state index contributed by atoms with van der Waals surface area (Å²) in [5, 5.41) is 19.4. The zero-order valence-corrected chi connectivity index (χ0v) is 12.0. The Bertz CT molecular complexity index is 808. The maximum atomic E-state index is 11.9. The second-order valence-corrected chi connectivity index (χ2v) is 5.18. The van der Waals surface area contributed by atoms with Crippen LogP contribution in [-0.2, 0) is 16.5 Å². The molecule has 0 unspecified atom stereocenters. The quantitative estimate of drug-likeness (QED) is 0.449. The largest absolute Gasteiger partial charge is 0.394 e. The van der Waals surface area contributed by atoms with E-state index in [9.17, 15) is 19.8 Å². The number of fused-ring (bicyclic) bond motifs is 1. The average Bonchev–Trinajstić information content (AvgIpc) is 2.96. The summed E-state index contributed by atoms with van der Waals surface area (Å²) in [6.07, 6.45) is -1.84. The van der Waals surface area contributed by atoms with Crippen molar-refractivity contribution in [2.24, 2.45) is 7.05 Å². The van der Waals surface area contributed by atoms with Gasteiger partial charge in [0.15, 0.2) is 6.33 Å². The summed E-state index contributed by atoms with van der Waals surface area (Å²) in [7, 11) is 3.05. The molecule has 1 aliphatic heterocycles. The van der Waals surface area contributed by atoms with Crippen molar-refractivity contribution in [1.82, 2.24) is 14.5 Å². The second-order valence-electron chi connectivity index (χ2n) is 5.18. The number of rotatable bonds is 3. The zero-order chi connectivity index (χ0) is 16.0. The number of imidazole rings is 1. The SMILES string of the molecule is CO[C@@H]1[C@H](O)[C@@H](CO)O[C@H]1[n+]1cn(C)c2c(=O)[nH]c(=O)[nH]c21. The molecule has 4 N–H and O–H groups in total. The highest BCUT2D eigenvalue weighted by atomic mass is 16.6. The fraction of sp³-hybridized carbons (Fsp3) is 0.583. The Morgan fingerprint density at radius 1 is 1.45 bits per heavy atom. The standard InChI is InChI=1S/C12H16N4O6/c1-15-4-16(9-6(15)10(19)14-12(20)13-9)11-8(21-2)7(18)5(3-17)22-11/h4-5,7-8,11,17-18H,3H2,1-2H3,(H-,13,14,19,20)/p+1/t5-,7-,8-,11-/m1/s1. The summed E-state index contributed by atoms with van der Waals surface area (Å²) in [5.41, 5.74) is -0.691. The molecule has 3 heterocycles. The number of hydrogen-bond donors (Lipinski definition) is 4. The van der Waals surface area contributed by atoms with E-state index in [0.717, 1.165) is 0 Å². The molecule has 0 amide bonds. The number of nitrogens with zero attached hydrogens (tertiary/aromatic N) is 2. The minimum Gasteiger partial charge on any atom is -0.394 e. The Kier molecular flexibility index (Phi) is 3.60. The fourth-order valence-electron chi connectivity index (χ4n) is 2.82. The molecule has 1 aliphatic rings. The molecule has 3 rings (SSSR count). The first-order chi connectivity index (χ1) is 10.5. The summed E-state index contributed by atoms with van der Waals surface area (Å²) in [5.74, 6) is 0. The average molecular weight is 313 g/mol. The van der Waals surface area contributed by atoms with E-state index in [4.69, 9.17) is 9.47 Å². The van der Waals surface area contributed by atoms with Crippen molar-refractivity contribution >= 4 is 11.2 Å². The van der Waals surface area contributed by atoms with Gasteiger partial charge in [0.25, 0.3) is 11.2 Å². The van der Waals surface area contributed by atoms with E-state index in [2.05, 4.69) is 9.97 Å². The van der Waals surface area contributed by atoms with Crippen molar-refractivity contribution in [1.29, 1.82) is 0 Å². The predicted molar refractivity (Wildman–Crippen MR) is 72.2 cm³/mol. The third-order valence-corrected chi connectivity index (χ3v) is 3.85. The Balaban J connectivity index is 2.18. The van der Waals surface area contributed by atoms with Gasteiger partial charge in [0.1, 0.15) is 18.3 Å². The van der Waals surface area contributed by atoms with Crippen molar-refractivity contribution in [2.75, 3.05) is 13.7 Å². The zero-order valence-electron chi connectivity index (χ0n) is 12.0. The van der Waals surface area contributed by atoms with Crippen LogP contribution >= 0.6 is 0 Å². The lowest BCUT2D eigenvalue weighted by atomic mass is 10.1. The number of methoxy groups -OCH3 is 1. The summed E-state index contributed by atoms with van der Waals surface area (Å²) >= 11 is 0. The number of aromatic amines is 2. The van der Waals surface area contributed by atoms with E-state index in [1.165, 1.54) is 16.2 Å². The topological polar surface area (TPSA) is 133 Å². The lowest BCUT2D eigenvalue weighted by Gasteiger charge is -2.16. The van der Waals surface area contributed by atoms with Gasteiger partial charge in [0.2, 0.25) is 11.7 Å². The van der Waals surface area contributed by atoms with Gasteiger partial charge >= 0.3 is 5.69 Å². The van der Waals surface area contributed by atoms with Gasteiger partial charge in [-0.2, -0.15) is 0 Å². The van der Waals surface area contributed by atoms with Crippen LogP contribution in [0.5, 0.6) is 0 Å². The van der Waals surface area contributed by atoms with Gasteiger partial charge in [-0.3, -0.25) is 14.3 Å². The molecule has 22 heavy (non-hydrogen) atoms. The van der Waals surface area contributed by atoms with Crippen LogP contribution in [0.3, 0.4) is 0 Å². The number of aliphatic hydroxyl groups excluding tert-OH is 2. The first-order valence-corrected chi connectivity index (χ1v) is 6.68. The number of hydrogen-bond acceptors (Lipinski definition) is 6. The van der Waals surface area contributed by atoms with Crippen molar-refractivity contribution in [3.05, 3.63) is 27.2 Å². The number of H-pyrrole nitrogens is 2. The molecular weight excluding hydrogens is 296 g/mol. The fourth-order valence-corrected chi connectivity index (χ4v) is 2.82. The highest BCUT2D eigenvalue weighted by Gasteiger charge is 2.47. The van der Waals surface area contributed by atoms with Gasteiger partial charge in [0, 0.05) is 7.11 Å². The van der Waals surface area contributed by atoms with Crippen molar-refractivity contribution in [3.63, 3.8) is 0 Å². The molecule has 0 aromatic carbocycles. The number of aromatic nitrogens is 4. The van der Waals surface area contributed by atoms with E-state index in [1.54, 1.807) is 13.4 Å². The van der Waals surface area contributed by atoms with Gasteiger partial charge in [-0.15, -0.1) is 0 Å². The van der Waals surface area contributed by atoms with Crippen LogP contribution in [0.1, 0.15) is 6.23 Å². The summed E-state index contributed by atoms with van der Waals surface area (Å²) in [6.45, 7) is -0.375. The molecule has 2 aromatic heterocycles. The number of aliphatic hydroxyl groups is 2. The van der Waals surface area contributed by atoms with Gasteiger partial charge in [-0.05, 0) is 0 Å². The number of nitrogens with one attached hydrogen (secondary N) is 2. The van der Waals surface area contributed by atoms with Crippen molar-refractivity contribution < 1.29 is 24.3 Å². The van der Waals surface area contributed by atoms with Crippen LogP contribution in [0.4, 0.5) is 0 Å². The van der Waals surface area contributed by atoms with Gasteiger partial charge in [0.05, 0.1) is 13.7 Å². The molecule has 0 bridgehead atoms. The number of aryl methyl sites for hydroxylation is 1.